The summed E-state index contributed by atoms with van der Waals surface area (Å²) in [6, 6.07) is 1.70. The number of nitrogens with zero attached hydrogens (tertiary/aromatic N) is 3. The van der Waals surface area contributed by atoms with Crippen LogP contribution < -0.4 is 5.32 Å². The third kappa shape index (κ3) is 2.37. The molecule has 76 valence electrons. The lowest BCUT2D eigenvalue weighted by Gasteiger charge is -2.03. The normalized spacial score (nSPS) is 9.93. The number of hydrogen-bond acceptors (Lipinski definition) is 5. The van der Waals surface area contributed by atoms with Crippen LogP contribution >= 0.6 is 27.5 Å². The topological polar surface area (TPSA) is 67.8 Å². The molecule has 0 saturated carbocycles. The molecule has 5 nitrogen and oxygen atoms in total. The molecule has 2 aromatic rings. The van der Waals surface area contributed by atoms with E-state index in [2.05, 4.69) is 35.8 Å². The number of rotatable bonds is 2. The third-order valence-corrected chi connectivity index (χ3v) is 2.90. The third-order valence-electron chi connectivity index (χ3n) is 1.61. The Balaban J connectivity index is 2.17. The monoisotopic (exact) mass is 284 g/mol. The van der Waals surface area contributed by atoms with Crippen LogP contribution in [0.4, 0.5) is 5.69 Å². The summed E-state index contributed by atoms with van der Waals surface area (Å²) in [6.07, 6.45) is 4.64. The van der Waals surface area contributed by atoms with Crippen molar-refractivity contribution in [1.82, 2.24) is 14.6 Å². The second-order valence-corrected chi connectivity index (χ2v) is 4.23. The van der Waals surface area contributed by atoms with Gasteiger partial charge in [0.15, 0.2) is 0 Å². The summed E-state index contributed by atoms with van der Waals surface area (Å²) in [5, 5.41) is 6.31. The predicted octanol–water partition coefficient (Wildman–Crippen LogP) is 1.95. The first kappa shape index (κ1) is 10.2. The van der Waals surface area contributed by atoms with E-state index in [1.165, 1.54) is 6.20 Å². The van der Waals surface area contributed by atoms with Gasteiger partial charge in [-0.15, -0.1) is 5.10 Å². The maximum absolute atomic E-state index is 11.6. The summed E-state index contributed by atoms with van der Waals surface area (Å²) in [4.78, 5) is 16.0. The molecule has 0 fully saturated rings. The van der Waals surface area contributed by atoms with E-state index in [-0.39, 0.29) is 5.91 Å². The van der Waals surface area contributed by atoms with Crippen molar-refractivity contribution in [3.05, 3.63) is 34.0 Å². The molecule has 0 aliphatic heterocycles. The highest BCUT2D eigenvalue weighted by Crippen LogP contribution is 2.20. The number of pyridine rings is 1. The molecular formula is C8H5BrN4OS. The molecule has 2 aromatic heterocycles. The quantitative estimate of drug-likeness (QED) is 0.915. The van der Waals surface area contributed by atoms with Crippen molar-refractivity contribution in [3.8, 4) is 0 Å². The van der Waals surface area contributed by atoms with Gasteiger partial charge >= 0.3 is 0 Å². The molecule has 0 unspecified atom stereocenters. The van der Waals surface area contributed by atoms with Crippen LogP contribution in [0, 0.1) is 0 Å². The second kappa shape index (κ2) is 4.45. The van der Waals surface area contributed by atoms with E-state index in [1.54, 1.807) is 18.5 Å². The molecule has 15 heavy (non-hydrogen) atoms. The predicted molar refractivity (Wildman–Crippen MR) is 59.8 cm³/mol. The molecule has 2 rings (SSSR count). The zero-order valence-corrected chi connectivity index (χ0v) is 9.75. The lowest BCUT2D eigenvalue weighted by Crippen LogP contribution is -2.10. The summed E-state index contributed by atoms with van der Waals surface area (Å²) in [7, 11) is 0. The van der Waals surface area contributed by atoms with Gasteiger partial charge in [-0.1, -0.05) is 4.49 Å². The molecule has 2 heterocycles. The average molecular weight is 285 g/mol. The molecular weight excluding hydrogens is 280 g/mol. The van der Waals surface area contributed by atoms with Gasteiger partial charge < -0.3 is 5.32 Å². The summed E-state index contributed by atoms with van der Waals surface area (Å²) in [5.74, 6) is -0.225. The standard InChI is InChI=1S/C8H5BrN4OS/c9-5-3-10-2-1-6(5)12-8(14)7-4-11-13-15-7/h1-4H,(H,10,12,14). The van der Waals surface area contributed by atoms with Crippen molar-refractivity contribution < 1.29 is 4.79 Å². The Morgan fingerprint density at radius 3 is 3.00 bits per heavy atom. The molecule has 7 heteroatoms. The smallest absolute Gasteiger partial charge is 0.269 e. The summed E-state index contributed by atoms with van der Waals surface area (Å²) < 4.78 is 4.35. The lowest BCUT2D eigenvalue weighted by atomic mass is 10.4. The van der Waals surface area contributed by atoms with Gasteiger partial charge in [0.25, 0.3) is 5.91 Å². The van der Waals surface area contributed by atoms with Crippen LogP contribution in [0.25, 0.3) is 0 Å². The van der Waals surface area contributed by atoms with Crippen LogP contribution in [0.2, 0.25) is 0 Å². The minimum absolute atomic E-state index is 0.225. The Kier molecular flexibility index (Phi) is 3.02. The Labute approximate surface area is 97.8 Å². The zero-order chi connectivity index (χ0) is 10.7. The first-order valence-corrected chi connectivity index (χ1v) is 5.52. The Bertz CT molecular complexity index is 473. The molecule has 0 aliphatic rings. The van der Waals surface area contributed by atoms with Crippen LogP contribution in [0.5, 0.6) is 0 Å². The molecule has 0 atom stereocenters. The maximum atomic E-state index is 11.6. The molecule has 0 aromatic carbocycles. The molecule has 1 amide bonds. The number of hydrogen-bond donors (Lipinski definition) is 1. The molecule has 0 bridgehead atoms. The summed E-state index contributed by atoms with van der Waals surface area (Å²) in [5.41, 5.74) is 0.670. The molecule has 0 radical (unpaired) electrons. The van der Waals surface area contributed by atoms with Gasteiger partial charge in [-0.05, 0) is 33.5 Å². The molecule has 0 aliphatic carbocycles. The van der Waals surface area contributed by atoms with Gasteiger partial charge in [-0.25, -0.2) is 0 Å². The number of halogens is 1. The fourth-order valence-corrected chi connectivity index (χ4v) is 1.69. The van der Waals surface area contributed by atoms with Crippen molar-refractivity contribution >= 4 is 39.1 Å². The fraction of sp³-hybridized carbons (Fsp3) is 0. The second-order valence-electron chi connectivity index (χ2n) is 2.59. The van der Waals surface area contributed by atoms with Crippen LogP contribution in [0.1, 0.15) is 9.67 Å². The van der Waals surface area contributed by atoms with E-state index < -0.39 is 0 Å². The van der Waals surface area contributed by atoms with Crippen molar-refractivity contribution in [3.63, 3.8) is 0 Å². The Morgan fingerprint density at radius 1 is 1.47 bits per heavy atom. The highest BCUT2D eigenvalue weighted by Gasteiger charge is 2.09. The Hall–Kier alpha value is -1.34. The molecule has 1 N–H and O–H groups in total. The minimum Gasteiger partial charge on any atom is -0.320 e. The van der Waals surface area contributed by atoms with E-state index in [9.17, 15) is 4.79 Å². The first-order valence-electron chi connectivity index (χ1n) is 3.95. The van der Waals surface area contributed by atoms with Gasteiger partial charge in [0.2, 0.25) is 0 Å². The number of amides is 1. The van der Waals surface area contributed by atoms with Gasteiger partial charge in [0, 0.05) is 12.4 Å². The van der Waals surface area contributed by atoms with E-state index in [0.717, 1.165) is 16.0 Å². The first-order chi connectivity index (χ1) is 7.27. The number of anilines is 1. The van der Waals surface area contributed by atoms with Crippen LogP contribution in [0.15, 0.2) is 29.1 Å². The van der Waals surface area contributed by atoms with Crippen molar-refractivity contribution in [2.75, 3.05) is 5.32 Å². The van der Waals surface area contributed by atoms with Crippen LogP contribution in [-0.2, 0) is 0 Å². The number of carbonyl (C=O) groups is 1. The van der Waals surface area contributed by atoms with Crippen molar-refractivity contribution in [2.45, 2.75) is 0 Å². The zero-order valence-electron chi connectivity index (χ0n) is 7.35. The largest absolute Gasteiger partial charge is 0.320 e. The van der Waals surface area contributed by atoms with E-state index >= 15 is 0 Å². The SMILES string of the molecule is O=C(Nc1ccncc1Br)c1cnns1. The van der Waals surface area contributed by atoms with E-state index in [0.29, 0.717) is 10.6 Å². The molecule has 0 spiro atoms. The molecule has 0 saturated heterocycles. The van der Waals surface area contributed by atoms with Gasteiger partial charge in [-0.3, -0.25) is 9.78 Å². The van der Waals surface area contributed by atoms with Gasteiger partial charge in [0.1, 0.15) is 4.88 Å². The fourth-order valence-electron chi connectivity index (χ4n) is 0.928. The number of carbonyl (C=O) groups excluding carboxylic acids is 1. The van der Waals surface area contributed by atoms with E-state index in [4.69, 9.17) is 0 Å². The van der Waals surface area contributed by atoms with E-state index in [1.807, 2.05) is 0 Å². The number of nitrogens with one attached hydrogen (secondary N) is 1. The summed E-state index contributed by atoms with van der Waals surface area (Å²) in [6.45, 7) is 0. The average Bonchev–Trinajstić information content (AvgIpc) is 2.74. The number of aromatic nitrogens is 3. The van der Waals surface area contributed by atoms with Crippen molar-refractivity contribution in [2.24, 2.45) is 0 Å². The minimum atomic E-state index is -0.225. The van der Waals surface area contributed by atoms with Crippen LogP contribution in [-0.4, -0.2) is 20.5 Å². The van der Waals surface area contributed by atoms with Crippen LogP contribution in [0.3, 0.4) is 0 Å². The maximum Gasteiger partial charge on any atom is 0.269 e. The van der Waals surface area contributed by atoms with Crippen molar-refractivity contribution in [1.29, 1.82) is 0 Å². The highest BCUT2D eigenvalue weighted by atomic mass is 79.9. The highest BCUT2D eigenvalue weighted by molar-refractivity contribution is 9.10. The lowest BCUT2D eigenvalue weighted by molar-refractivity contribution is 0.103. The van der Waals surface area contributed by atoms with Gasteiger partial charge in [-0.2, -0.15) is 0 Å². The van der Waals surface area contributed by atoms with Gasteiger partial charge in [0.05, 0.1) is 16.4 Å². The summed E-state index contributed by atoms with van der Waals surface area (Å²) >= 11 is 4.34. The Morgan fingerprint density at radius 2 is 2.33 bits per heavy atom.